The first-order chi connectivity index (χ1) is 4.75. The third-order valence-electron chi connectivity index (χ3n) is 1.95. The number of halogens is 1. The van der Waals surface area contributed by atoms with Crippen LogP contribution in [0, 0.1) is 0 Å². The van der Waals surface area contributed by atoms with E-state index in [1.165, 1.54) is 0 Å². The highest BCUT2D eigenvalue weighted by molar-refractivity contribution is 5.97. The zero-order valence-corrected chi connectivity index (χ0v) is 6.11. The average Bonchev–Trinajstić information content (AvgIpc) is 2.34. The molecule has 1 aliphatic carbocycles. The van der Waals surface area contributed by atoms with Crippen LogP contribution in [-0.2, 0) is 4.79 Å². The number of ketones is 1. The number of rotatable bonds is 2. The lowest BCUT2D eigenvalue weighted by Gasteiger charge is -1.96. The van der Waals surface area contributed by atoms with E-state index < -0.39 is 6.67 Å². The largest absolute Gasteiger partial charge is 0.292 e. The lowest BCUT2D eigenvalue weighted by molar-refractivity contribution is -0.116. The van der Waals surface area contributed by atoms with Gasteiger partial charge in [0.25, 0.3) is 0 Å². The zero-order chi connectivity index (χ0) is 7.56. The molecule has 1 nitrogen and oxygen atoms in total. The van der Waals surface area contributed by atoms with Crippen molar-refractivity contribution >= 4 is 5.78 Å². The first kappa shape index (κ1) is 7.45. The predicted octanol–water partition coefficient (Wildman–Crippen LogP) is 2.03. The summed E-state index contributed by atoms with van der Waals surface area (Å²) in [5.74, 6) is -0.310. The van der Waals surface area contributed by atoms with Gasteiger partial charge in [0.05, 0.1) is 0 Å². The van der Waals surface area contributed by atoms with Gasteiger partial charge in [-0.25, -0.2) is 4.39 Å². The molecule has 0 heterocycles. The molecule has 1 aliphatic rings. The molecule has 0 aromatic heterocycles. The van der Waals surface area contributed by atoms with E-state index in [-0.39, 0.29) is 5.78 Å². The van der Waals surface area contributed by atoms with Crippen molar-refractivity contribution in [3.63, 3.8) is 0 Å². The van der Waals surface area contributed by atoms with Crippen LogP contribution >= 0.6 is 0 Å². The summed E-state index contributed by atoms with van der Waals surface area (Å²) < 4.78 is 11.8. The summed E-state index contributed by atoms with van der Waals surface area (Å²) in [6, 6.07) is 0. The molecule has 0 bridgehead atoms. The summed E-state index contributed by atoms with van der Waals surface area (Å²) in [6.07, 6.45) is 2.78. The van der Waals surface area contributed by atoms with Crippen molar-refractivity contribution in [2.45, 2.75) is 26.2 Å². The van der Waals surface area contributed by atoms with Gasteiger partial charge in [-0.05, 0) is 31.8 Å². The Hall–Kier alpha value is -0.660. The highest BCUT2D eigenvalue weighted by Gasteiger charge is 2.16. The van der Waals surface area contributed by atoms with Gasteiger partial charge in [0.2, 0.25) is 0 Å². The van der Waals surface area contributed by atoms with Crippen LogP contribution in [0.25, 0.3) is 0 Å². The van der Waals surface area contributed by atoms with Gasteiger partial charge >= 0.3 is 0 Å². The van der Waals surface area contributed by atoms with E-state index in [0.29, 0.717) is 0 Å². The number of allylic oxidation sites excluding steroid dienone is 2. The number of alkyl halides is 1. The Morgan fingerprint density at radius 3 is 2.70 bits per heavy atom. The van der Waals surface area contributed by atoms with E-state index in [9.17, 15) is 9.18 Å². The highest BCUT2D eigenvalue weighted by atomic mass is 19.1. The van der Waals surface area contributed by atoms with E-state index in [2.05, 4.69) is 0 Å². The van der Waals surface area contributed by atoms with Gasteiger partial charge < -0.3 is 0 Å². The number of hydrogen-bond donors (Lipinski definition) is 0. The molecule has 0 N–H and O–H groups in total. The zero-order valence-electron chi connectivity index (χ0n) is 6.11. The minimum atomic E-state index is -0.827. The van der Waals surface area contributed by atoms with Gasteiger partial charge in [-0.2, -0.15) is 0 Å². The summed E-state index contributed by atoms with van der Waals surface area (Å²) in [5, 5.41) is 0. The smallest absolute Gasteiger partial charge is 0.189 e. The first-order valence-corrected chi connectivity index (χ1v) is 3.53. The molecule has 0 saturated carbocycles. The van der Waals surface area contributed by atoms with Crippen molar-refractivity contribution in [2.24, 2.45) is 0 Å². The van der Waals surface area contributed by atoms with Gasteiger partial charge in [-0.3, -0.25) is 4.79 Å². The van der Waals surface area contributed by atoms with E-state index in [4.69, 9.17) is 0 Å². The Morgan fingerprint density at radius 1 is 1.60 bits per heavy atom. The van der Waals surface area contributed by atoms with Crippen LogP contribution in [0.5, 0.6) is 0 Å². The summed E-state index contributed by atoms with van der Waals surface area (Å²) in [6.45, 7) is 1.09. The fourth-order valence-corrected chi connectivity index (χ4v) is 1.35. The molecule has 0 aliphatic heterocycles. The number of carbonyl (C=O) groups excluding carboxylic acids is 1. The summed E-state index contributed by atoms with van der Waals surface area (Å²) in [4.78, 5) is 10.8. The number of carbonyl (C=O) groups is 1. The van der Waals surface area contributed by atoms with Crippen molar-refractivity contribution in [3.05, 3.63) is 11.1 Å². The standard InChI is InChI=1S/C8H11FO/c1-6-3-2-4-7(6)8(10)5-9/h2-5H2,1H3. The second-order valence-corrected chi connectivity index (χ2v) is 2.67. The Kier molecular flexibility index (Phi) is 2.20. The predicted molar refractivity (Wildman–Crippen MR) is 37.5 cm³/mol. The third-order valence-corrected chi connectivity index (χ3v) is 1.95. The molecule has 1 rings (SSSR count). The van der Waals surface area contributed by atoms with E-state index in [1.807, 2.05) is 6.92 Å². The van der Waals surface area contributed by atoms with Crippen LogP contribution in [0.2, 0.25) is 0 Å². The quantitative estimate of drug-likeness (QED) is 0.576. The molecule has 10 heavy (non-hydrogen) atoms. The Morgan fingerprint density at radius 2 is 2.30 bits per heavy atom. The molecule has 0 unspecified atom stereocenters. The van der Waals surface area contributed by atoms with Crippen molar-refractivity contribution in [1.82, 2.24) is 0 Å². The molecule has 0 spiro atoms. The van der Waals surface area contributed by atoms with Gasteiger partial charge in [-0.1, -0.05) is 5.57 Å². The third kappa shape index (κ3) is 1.25. The normalized spacial score (nSPS) is 18.2. The lowest BCUT2D eigenvalue weighted by atomic mass is 10.1. The number of hydrogen-bond acceptors (Lipinski definition) is 1. The van der Waals surface area contributed by atoms with Crippen molar-refractivity contribution < 1.29 is 9.18 Å². The molecule has 0 aromatic carbocycles. The van der Waals surface area contributed by atoms with E-state index in [0.717, 1.165) is 30.4 Å². The van der Waals surface area contributed by atoms with E-state index >= 15 is 0 Å². The fraction of sp³-hybridized carbons (Fsp3) is 0.625. The SMILES string of the molecule is CC1=C(C(=O)CF)CCC1. The maximum atomic E-state index is 11.8. The van der Waals surface area contributed by atoms with Crippen LogP contribution < -0.4 is 0 Å². The molecule has 0 atom stereocenters. The van der Waals surface area contributed by atoms with Crippen LogP contribution in [0.15, 0.2) is 11.1 Å². The topological polar surface area (TPSA) is 17.1 Å². The second kappa shape index (κ2) is 2.95. The first-order valence-electron chi connectivity index (χ1n) is 3.53. The highest BCUT2D eigenvalue weighted by Crippen LogP contribution is 2.25. The van der Waals surface area contributed by atoms with Gasteiger partial charge in [-0.15, -0.1) is 0 Å². The maximum absolute atomic E-state index is 11.8. The van der Waals surface area contributed by atoms with Crippen LogP contribution in [0.4, 0.5) is 4.39 Å². The van der Waals surface area contributed by atoms with Crippen LogP contribution in [0.1, 0.15) is 26.2 Å². The minimum Gasteiger partial charge on any atom is -0.292 e. The van der Waals surface area contributed by atoms with Crippen LogP contribution in [0.3, 0.4) is 0 Å². The van der Waals surface area contributed by atoms with Gasteiger partial charge in [0.1, 0.15) is 0 Å². The average molecular weight is 142 g/mol. The molecule has 0 amide bonds. The molecule has 0 radical (unpaired) electrons. The molecule has 0 aromatic rings. The molecular weight excluding hydrogens is 131 g/mol. The second-order valence-electron chi connectivity index (χ2n) is 2.67. The summed E-state index contributed by atoms with van der Waals surface area (Å²) >= 11 is 0. The minimum absolute atomic E-state index is 0.310. The van der Waals surface area contributed by atoms with Gasteiger partial charge in [0, 0.05) is 0 Å². The van der Waals surface area contributed by atoms with Gasteiger partial charge in [0.15, 0.2) is 12.5 Å². The maximum Gasteiger partial charge on any atom is 0.189 e. The van der Waals surface area contributed by atoms with Crippen LogP contribution in [-0.4, -0.2) is 12.5 Å². The lowest BCUT2D eigenvalue weighted by Crippen LogP contribution is -2.03. The molecule has 0 fully saturated rings. The van der Waals surface area contributed by atoms with Crippen molar-refractivity contribution in [1.29, 1.82) is 0 Å². The summed E-state index contributed by atoms with van der Waals surface area (Å²) in [7, 11) is 0. The van der Waals surface area contributed by atoms with E-state index in [1.54, 1.807) is 0 Å². The monoisotopic (exact) mass is 142 g/mol. The fourth-order valence-electron chi connectivity index (χ4n) is 1.35. The summed E-state index contributed by atoms with van der Waals surface area (Å²) in [5.41, 5.74) is 1.82. The molecule has 2 heteroatoms. The Bertz CT molecular complexity index is 182. The Balaban J connectivity index is 2.71. The molecule has 0 saturated heterocycles. The number of Topliss-reactive ketones (excluding diaryl/α,β-unsaturated/α-hetero) is 1. The molecular formula is C8H11FO. The Labute approximate surface area is 59.9 Å². The van der Waals surface area contributed by atoms with Crippen molar-refractivity contribution in [3.8, 4) is 0 Å². The van der Waals surface area contributed by atoms with Crippen molar-refractivity contribution in [2.75, 3.05) is 6.67 Å². The molecule has 56 valence electrons.